The van der Waals surface area contributed by atoms with Crippen LogP contribution in [0.5, 0.6) is 0 Å². The number of carbonyl (C=O) groups is 1. The molecule has 0 unspecified atom stereocenters. The lowest BCUT2D eigenvalue weighted by Gasteiger charge is -2.36. The van der Waals surface area contributed by atoms with Gasteiger partial charge in [0.05, 0.1) is 9.77 Å². The molecule has 24 heavy (non-hydrogen) atoms. The van der Waals surface area contributed by atoms with Gasteiger partial charge in [-0.25, -0.2) is 8.42 Å². The topological polar surface area (TPSA) is 57.7 Å². The Hall–Kier alpha value is -1.86. The van der Waals surface area contributed by atoms with Crippen molar-refractivity contribution in [2.45, 2.75) is 11.8 Å². The fourth-order valence-corrected chi connectivity index (χ4v) is 4.24. The molecule has 2 aromatic rings. The van der Waals surface area contributed by atoms with Crippen LogP contribution in [0.2, 0.25) is 0 Å². The van der Waals surface area contributed by atoms with Gasteiger partial charge in [-0.1, -0.05) is 0 Å². The number of amides is 1. The second-order valence-corrected chi connectivity index (χ2v) is 9.26. The molecule has 1 aliphatic rings. The Morgan fingerprint density at radius 3 is 2.12 bits per heavy atom. The van der Waals surface area contributed by atoms with Crippen LogP contribution in [-0.4, -0.2) is 51.7 Å². The first-order valence-corrected chi connectivity index (χ1v) is 10.5. The summed E-state index contributed by atoms with van der Waals surface area (Å²) in [5.41, 5.74) is 0.987. The predicted molar refractivity (Wildman–Crippen MR) is 96.7 cm³/mol. The van der Waals surface area contributed by atoms with Crippen LogP contribution in [0.4, 0.5) is 5.69 Å². The summed E-state index contributed by atoms with van der Waals surface area (Å²) in [7, 11) is -3.17. The molecule has 1 aromatic heterocycles. The number of nitrogens with zero attached hydrogens (tertiary/aromatic N) is 2. The largest absolute Gasteiger partial charge is 0.368 e. The zero-order valence-electron chi connectivity index (χ0n) is 13.7. The average Bonchev–Trinajstić information content (AvgIpc) is 3.00. The van der Waals surface area contributed by atoms with E-state index in [0.29, 0.717) is 18.0 Å². The fourth-order valence-electron chi connectivity index (χ4n) is 2.78. The third kappa shape index (κ3) is 3.62. The summed E-state index contributed by atoms with van der Waals surface area (Å²) in [6, 6.07) is 10.8. The third-order valence-corrected chi connectivity index (χ3v) is 6.27. The number of aryl methyl sites for hydroxylation is 1. The van der Waals surface area contributed by atoms with Gasteiger partial charge in [-0.15, -0.1) is 11.3 Å². The van der Waals surface area contributed by atoms with Gasteiger partial charge in [-0.2, -0.15) is 0 Å². The summed E-state index contributed by atoms with van der Waals surface area (Å²) < 4.78 is 23.0. The van der Waals surface area contributed by atoms with Gasteiger partial charge in [0.1, 0.15) is 0 Å². The number of carbonyl (C=O) groups excluding carboxylic acids is 1. The van der Waals surface area contributed by atoms with Crippen LogP contribution < -0.4 is 4.90 Å². The standard InChI is InChI=1S/C17H20N2O3S2/c1-13-3-8-16(23-13)17(20)19-11-9-18(10-12-19)14-4-6-15(7-5-14)24(2,21)22/h3-8H,9-12H2,1-2H3. The van der Waals surface area contributed by atoms with Crippen molar-refractivity contribution in [1.29, 1.82) is 0 Å². The van der Waals surface area contributed by atoms with E-state index in [-0.39, 0.29) is 5.91 Å². The number of hydrogen-bond acceptors (Lipinski definition) is 5. The highest BCUT2D eigenvalue weighted by Crippen LogP contribution is 2.22. The first-order chi connectivity index (χ1) is 11.3. The molecular formula is C17H20N2O3S2. The molecule has 1 fully saturated rings. The monoisotopic (exact) mass is 364 g/mol. The molecule has 1 saturated heterocycles. The first kappa shape index (κ1) is 17.0. The van der Waals surface area contributed by atoms with Gasteiger partial charge in [0.15, 0.2) is 9.84 Å². The van der Waals surface area contributed by atoms with Crippen LogP contribution in [-0.2, 0) is 9.84 Å². The van der Waals surface area contributed by atoms with Crippen LogP contribution in [0, 0.1) is 6.92 Å². The number of thiophene rings is 1. The van der Waals surface area contributed by atoms with E-state index in [1.165, 1.54) is 17.6 Å². The number of sulfone groups is 1. The molecule has 0 radical (unpaired) electrons. The molecule has 7 heteroatoms. The summed E-state index contributed by atoms with van der Waals surface area (Å²) in [6.07, 6.45) is 1.21. The molecule has 0 saturated carbocycles. The minimum Gasteiger partial charge on any atom is -0.368 e. The summed E-state index contributed by atoms with van der Waals surface area (Å²) in [4.78, 5) is 18.8. The van der Waals surface area contributed by atoms with Crippen molar-refractivity contribution in [3.63, 3.8) is 0 Å². The summed E-state index contributed by atoms with van der Waals surface area (Å²) >= 11 is 1.53. The number of rotatable bonds is 3. The molecular weight excluding hydrogens is 344 g/mol. The van der Waals surface area contributed by atoms with E-state index in [4.69, 9.17) is 0 Å². The molecule has 0 atom stereocenters. The van der Waals surface area contributed by atoms with Gasteiger partial charge in [0.25, 0.3) is 5.91 Å². The zero-order chi connectivity index (χ0) is 17.3. The predicted octanol–water partition coefficient (Wildman–Crippen LogP) is 2.42. The van der Waals surface area contributed by atoms with E-state index >= 15 is 0 Å². The van der Waals surface area contributed by atoms with Gasteiger partial charge in [-0.3, -0.25) is 4.79 Å². The van der Waals surface area contributed by atoms with E-state index in [2.05, 4.69) is 4.90 Å². The van der Waals surface area contributed by atoms with Crippen LogP contribution in [0.1, 0.15) is 14.5 Å². The van der Waals surface area contributed by atoms with Crippen molar-refractivity contribution in [3.05, 3.63) is 46.2 Å². The lowest BCUT2D eigenvalue weighted by atomic mass is 10.2. The quantitative estimate of drug-likeness (QED) is 0.839. The maximum absolute atomic E-state index is 12.5. The van der Waals surface area contributed by atoms with Crippen molar-refractivity contribution in [2.24, 2.45) is 0 Å². The summed E-state index contributed by atoms with van der Waals surface area (Å²) in [6.45, 7) is 4.83. The van der Waals surface area contributed by atoms with E-state index in [9.17, 15) is 13.2 Å². The Morgan fingerprint density at radius 1 is 1.00 bits per heavy atom. The van der Waals surface area contributed by atoms with Crippen molar-refractivity contribution in [1.82, 2.24) is 4.90 Å². The van der Waals surface area contributed by atoms with E-state index in [1.807, 2.05) is 36.1 Å². The van der Waals surface area contributed by atoms with Gasteiger partial charge in [0, 0.05) is 43.0 Å². The lowest BCUT2D eigenvalue weighted by Crippen LogP contribution is -2.48. The highest BCUT2D eigenvalue weighted by molar-refractivity contribution is 7.90. The summed E-state index contributed by atoms with van der Waals surface area (Å²) in [5, 5.41) is 0. The van der Waals surface area contributed by atoms with Crippen LogP contribution in [0.3, 0.4) is 0 Å². The van der Waals surface area contributed by atoms with Gasteiger partial charge in [0.2, 0.25) is 0 Å². The molecule has 0 bridgehead atoms. The molecule has 128 valence electrons. The van der Waals surface area contributed by atoms with Crippen LogP contribution in [0.25, 0.3) is 0 Å². The molecule has 3 rings (SSSR count). The number of piperazine rings is 1. The highest BCUT2D eigenvalue weighted by atomic mass is 32.2. The molecule has 1 aliphatic heterocycles. The molecule has 0 spiro atoms. The van der Waals surface area contributed by atoms with Crippen molar-refractivity contribution in [2.75, 3.05) is 37.3 Å². The molecule has 5 nitrogen and oxygen atoms in total. The SMILES string of the molecule is Cc1ccc(C(=O)N2CCN(c3ccc(S(C)(=O)=O)cc3)CC2)s1. The fraction of sp³-hybridized carbons (Fsp3) is 0.353. The smallest absolute Gasteiger partial charge is 0.264 e. The first-order valence-electron chi connectivity index (χ1n) is 7.75. The lowest BCUT2D eigenvalue weighted by molar-refractivity contribution is 0.0751. The van der Waals surface area contributed by atoms with E-state index < -0.39 is 9.84 Å². The van der Waals surface area contributed by atoms with Crippen LogP contribution >= 0.6 is 11.3 Å². The van der Waals surface area contributed by atoms with Gasteiger partial charge < -0.3 is 9.80 Å². The third-order valence-electron chi connectivity index (χ3n) is 4.15. The Kier molecular flexibility index (Phi) is 4.64. The highest BCUT2D eigenvalue weighted by Gasteiger charge is 2.23. The molecule has 0 N–H and O–H groups in total. The summed E-state index contributed by atoms with van der Waals surface area (Å²) in [5.74, 6) is 0.0974. The van der Waals surface area contributed by atoms with Crippen molar-refractivity contribution in [3.8, 4) is 0 Å². The number of hydrogen-bond donors (Lipinski definition) is 0. The van der Waals surface area contributed by atoms with E-state index in [1.54, 1.807) is 12.1 Å². The zero-order valence-corrected chi connectivity index (χ0v) is 15.4. The molecule has 2 heterocycles. The van der Waals surface area contributed by atoms with Crippen LogP contribution in [0.15, 0.2) is 41.3 Å². The molecule has 1 aromatic carbocycles. The Morgan fingerprint density at radius 2 is 1.62 bits per heavy atom. The minimum absolute atomic E-state index is 0.0974. The maximum Gasteiger partial charge on any atom is 0.264 e. The number of benzene rings is 1. The van der Waals surface area contributed by atoms with Crippen molar-refractivity contribution < 1.29 is 13.2 Å². The van der Waals surface area contributed by atoms with Crippen molar-refractivity contribution >= 4 is 32.8 Å². The second-order valence-electron chi connectivity index (χ2n) is 5.96. The van der Waals surface area contributed by atoms with E-state index in [0.717, 1.165) is 28.5 Å². The molecule has 1 amide bonds. The molecule has 0 aliphatic carbocycles. The minimum atomic E-state index is -3.17. The number of anilines is 1. The maximum atomic E-state index is 12.5. The Balaban J connectivity index is 1.63. The Bertz CT molecular complexity index is 833. The average molecular weight is 364 g/mol. The second kappa shape index (κ2) is 6.57. The van der Waals surface area contributed by atoms with Gasteiger partial charge >= 0.3 is 0 Å². The normalized spacial score (nSPS) is 15.6. The Labute approximate surface area is 146 Å². The van der Waals surface area contributed by atoms with Gasteiger partial charge in [-0.05, 0) is 43.3 Å².